The number of hydrogen-bond donors (Lipinski definition) is 5. The number of amides is 1. The van der Waals surface area contributed by atoms with Gasteiger partial charge in [-0.25, -0.2) is 37.8 Å². The van der Waals surface area contributed by atoms with Gasteiger partial charge in [0, 0.05) is 18.7 Å². The number of fused-ring (bicyclic) bond motifs is 1. The number of hydrogen-bond acceptors (Lipinski definition) is 13. The summed E-state index contributed by atoms with van der Waals surface area (Å²) in [4.78, 5) is 66.9. The second-order valence-electron chi connectivity index (χ2n) is 11.5. The van der Waals surface area contributed by atoms with Gasteiger partial charge >= 0.3 is 18.1 Å². The van der Waals surface area contributed by atoms with Crippen LogP contribution >= 0.6 is 0 Å². The number of halogens is 3. The Balaban J connectivity index is 1.62. The van der Waals surface area contributed by atoms with Crippen molar-refractivity contribution in [1.82, 2.24) is 19.8 Å². The summed E-state index contributed by atoms with van der Waals surface area (Å²) >= 11 is 0. The second kappa shape index (κ2) is 15.7. The summed E-state index contributed by atoms with van der Waals surface area (Å²) in [6.45, 7) is 4.05. The van der Waals surface area contributed by atoms with Crippen molar-refractivity contribution in [2.45, 2.75) is 57.3 Å². The van der Waals surface area contributed by atoms with E-state index in [9.17, 15) is 46.0 Å². The molecule has 0 aliphatic carbocycles. The molecule has 0 fully saturated rings. The fourth-order valence-electron chi connectivity index (χ4n) is 5.39. The lowest BCUT2D eigenvalue weighted by molar-refractivity contribution is -0.286. The first kappa shape index (κ1) is 38.5. The number of Topliss-reactive ketones (excluding diaryl/α,β-unsaturated/α-hetero) is 1. The van der Waals surface area contributed by atoms with E-state index in [-0.39, 0.29) is 58.4 Å². The van der Waals surface area contributed by atoms with E-state index >= 15 is 0 Å². The van der Waals surface area contributed by atoms with Crippen LogP contribution in [0.2, 0.25) is 0 Å². The molecule has 1 amide bonds. The van der Waals surface area contributed by atoms with E-state index in [1.54, 1.807) is 25.1 Å². The summed E-state index contributed by atoms with van der Waals surface area (Å²) < 4.78 is 67.7. The maximum atomic E-state index is 13.6. The predicted molar refractivity (Wildman–Crippen MR) is 172 cm³/mol. The third-order valence-corrected chi connectivity index (χ3v) is 9.35. The van der Waals surface area contributed by atoms with E-state index in [4.69, 9.17) is 5.73 Å². The van der Waals surface area contributed by atoms with Crippen LogP contribution in [0.5, 0.6) is 0 Å². The lowest BCUT2D eigenvalue weighted by Crippen LogP contribution is -2.51. The van der Waals surface area contributed by atoms with E-state index in [2.05, 4.69) is 30.4 Å². The van der Waals surface area contributed by atoms with Gasteiger partial charge in [-0.3, -0.25) is 9.59 Å². The topological polar surface area (TPSA) is 233 Å². The molecule has 2 atom stereocenters. The summed E-state index contributed by atoms with van der Waals surface area (Å²) in [7, 11) is -4.61. The van der Waals surface area contributed by atoms with Gasteiger partial charge in [0.2, 0.25) is 16.0 Å². The maximum absolute atomic E-state index is 13.6. The Bertz CT molecular complexity index is 1960. The standard InChI is InChI=1S/C31H34F3N7O9S/c1-16-11-17(2)26(18(3)12-16)51(47,48)40-23(28(44)49-50-29(45)31(32,33)34)15-37-27(43)24-21(5-4-8-35)25(42)20-7-6-19(13-22(20)39-24)14-38-30-36-9-10-41(30)46/h6-7,9-13,21,23,40,46H,4-5,8,14-15,35H2,1-3H3,(H,36,38)(H,37,43). The Morgan fingerprint density at radius 2 is 1.78 bits per heavy atom. The number of rotatable bonds is 13. The highest BCUT2D eigenvalue weighted by Gasteiger charge is 2.44. The predicted octanol–water partition coefficient (Wildman–Crippen LogP) is 2.31. The molecule has 4 rings (SSSR count). The number of aromatic nitrogens is 2. The minimum absolute atomic E-state index is 0.0982. The number of benzene rings is 2. The van der Waals surface area contributed by atoms with Crippen molar-refractivity contribution in [2.24, 2.45) is 16.6 Å². The number of ketones is 1. The van der Waals surface area contributed by atoms with Gasteiger partial charge in [0.25, 0.3) is 5.91 Å². The summed E-state index contributed by atoms with van der Waals surface area (Å²) in [6.07, 6.45) is -2.47. The first-order valence-corrected chi connectivity index (χ1v) is 16.7. The van der Waals surface area contributed by atoms with Crippen LogP contribution < -0.4 is 21.1 Å². The van der Waals surface area contributed by atoms with Crippen molar-refractivity contribution in [3.8, 4) is 0 Å². The molecule has 2 unspecified atom stereocenters. The summed E-state index contributed by atoms with van der Waals surface area (Å²) in [5.41, 5.74) is 7.51. The molecule has 1 aromatic heterocycles. The number of alkyl halides is 3. The SMILES string of the molecule is Cc1cc(C)c(S(=O)(=O)NC(CNC(=O)C2=Nc3cc(CNc4nccn4O)ccc3C(=O)C2CCCN)C(=O)OOC(=O)C(F)(F)F)c(C)c1. The van der Waals surface area contributed by atoms with E-state index in [1.165, 1.54) is 38.4 Å². The molecule has 2 aromatic carbocycles. The van der Waals surface area contributed by atoms with E-state index in [1.807, 2.05) is 4.72 Å². The second-order valence-corrected chi connectivity index (χ2v) is 13.2. The molecule has 2 heterocycles. The zero-order valence-corrected chi connectivity index (χ0v) is 28.2. The minimum Gasteiger partial charge on any atom is -0.425 e. The molecular formula is C31H34F3N7O9S. The molecule has 0 spiro atoms. The van der Waals surface area contributed by atoms with Crippen molar-refractivity contribution in [3.63, 3.8) is 0 Å². The van der Waals surface area contributed by atoms with Gasteiger partial charge in [-0.2, -0.15) is 22.6 Å². The molecule has 274 valence electrons. The first-order valence-electron chi connectivity index (χ1n) is 15.2. The van der Waals surface area contributed by atoms with Crippen LogP contribution in [-0.4, -0.2) is 78.0 Å². The fraction of sp³-hybridized carbons (Fsp3) is 0.355. The summed E-state index contributed by atoms with van der Waals surface area (Å²) in [6, 6.07) is 5.63. The van der Waals surface area contributed by atoms with Crippen molar-refractivity contribution in [1.29, 1.82) is 0 Å². The normalized spacial score (nSPS) is 15.0. The zero-order valence-electron chi connectivity index (χ0n) is 27.4. The molecule has 0 saturated heterocycles. The Hall–Kier alpha value is -5.34. The number of carbonyl (C=O) groups is 4. The Kier molecular flexibility index (Phi) is 11.8. The number of aryl methyl sites for hydroxylation is 3. The average molecular weight is 738 g/mol. The molecule has 0 bridgehead atoms. The van der Waals surface area contributed by atoms with Gasteiger partial charge in [0.15, 0.2) is 5.78 Å². The van der Waals surface area contributed by atoms with Crippen molar-refractivity contribution >= 4 is 51.0 Å². The average Bonchev–Trinajstić information content (AvgIpc) is 3.46. The van der Waals surface area contributed by atoms with Crippen LogP contribution in [0.25, 0.3) is 0 Å². The monoisotopic (exact) mass is 737 g/mol. The highest BCUT2D eigenvalue weighted by Crippen LogP contribution is 2.32. The molecule has 0 saturated carbocycles. The number of imidazole rings is 1. The molecule has 1 aliphatic heterocycles. The van der Waals surface area contributed by atoms with Gasteiger partial charge in [0.1, 0.15) is 11.8 Å². The van der Waals surface area contributed by atoms with Gasteiger partial charge in [-0.15, -0.1) is 0 Å². The number of aliphatic imine (C=N–C) groups is 1. The highest BCUT2D eigenvalue weighted by atomic mass is 32.2. The van der Waals surface area contributed by atoms with Crippen molar-refractivity contribution in [2.75, 3.05) is 18.4 Å². The van der Waals surface area contributed by atoms with E-state index in [0.717, 1.165) is 10.3 Å². The summed E-state index contributed by atoms with van der Waals surface area (Å²) in [5, 5.41) is 14.9. The third kappa shape index (κ3) is 9.27. The number of sulfonamides is 1. The Morgan fingerprint density at radius 3 is 2.39 bits per heavy atom. The van der Waals surface area contributed by atoms with Gasteiger partial charge in [-0.05, 0) is 69.0 Å². The fourth-order valence-corrected chi connectivity index (χ4v) is 7.03. The molecule has 3 aromatic rings. The van der Waals surface area contributed by atoms with Gasteiger partial charge in [0.05, 0.1) is 28.9 Å². The van der Waals surface area contributed by atoms with Gasteiger partial charge in [-0.1, -0.05) is 23.8 Å². The Morgan fingerprint density at radius 1 is 1.10 bits per heavy atom. The lowest BCUT2D eigenvalue weighted by Gasteiger charge is -2.24. The maximum Gasteiger partial charge on any atom is 0.495 e. The molecule has 0 radical (unpaired) electrons. The zero-order chi connectivity index (χ0) is 37.7. The molecule has 16 nitrogen and oxygen atoms in total. The molecule has 1 aliphatic rings. The van der Waals surface area contributed by atoms with Crippen LogP contribution in [0.3, 0.4) is 0 Å². The van der Waals surface area contributed by atoms with Crippen LogP contribution in [-0.2, 0) is 40.7 Å². The van der Waals surface area contributed by atoms with E-state index in [0.29, 0.717) is 12.0 Å². The van der Waals surface area contributed by atoms with Gasteiger partial charge < -0.3 is 21.6 Å². The minimum atomic E-state index is -5.54. The lowest BCUT2D eigenvalue weighted by atomic mass is 9.85. The molecule has 20 heteroatoms. The molecule has 6 N–H and O–H groups in total. The number of nitrogens with one attached hydrogen (secondary N) is 3. The van der Waals surface area contributed by atoms with Crippen molar-refractivity contribution < 1.29 is 55.7 Å². The van der Waals surface area contributed by atoms with Crippen molar-refractivity contribution in [3.05, 3.63) is 70.5 Å². The van der Waals surface area contributed by atoms with Crippen LogP contribution in [0, 0.1) is 26.7 Å². The van der Waals surface area contributed by atoms with Crippen LogP contribution in [0.4, 0.5) is 24.8 Å². The molecule has 51 heavy (non-hydrogen) atoms. The van der Waals surface area contributed by atoms with Crippen LogP contribution in [0.15, 0.2) is 52.6 Å². The largest absolute Gasteiger partial charge is 0.495 e. The first-order chi connectivity index (χ1) is 23.9. The number of nitrogens with two attached hydrogens (primary N) is 1. The highest BCUT2D eigenvalue weighted by molar-refractivity contribution is 7.89. The molecular weight excluding hydrogens is 703 g/mol. The smallest absolute Gasteiger partial charge is 0.425 e. The summed E-state index contributed by atoms with van der Waals surface area (Å²) in [5.74, 6) is -7.14. The quantitative estimate of drug-likeness (QED) is 0.0966. The number of carbonyl (C=O) groups excluding carboxylic acids is 4. The Labute approximate surface area is 289 Å². The number of nitrogens with zero attached hydrogens (tertiary/aromatic N) is 3. The number of anilines is 1. The third-order valence-electron chi connectivity index (χ3n) is 7.57. The van der Waals surface area contributed by atoms with Crippen LogP contribution in [0.1, 0.15) is 45.5 Å². The van der Waals surface area contributed by atoms with E-state index < -0.39 is 58.3 Å².